The number of halogens is 2. The lowest BCUT2D eigenvalue weighted by atomic mass is 9.79. The normalized spacial score (nSPS) is 18.1. The standard InChI is InChI=1S/C17H26BrFN2/c1-4-17(5-2,21-10-6-7-11-21)16(20-3)14-12-13(18)8-9-15(14)19/h8-9,12,16,20H,4-7,10-11H2,1-3H3. The van der Waals surface area contributed by atoms with Crippen molar-refractivity contribution in [2.24, 2.45) is 0 Å². The van der Waals surface area contributed by atoms with Gasteiger partial charge in [0, 0.05) is 15.6 Å². The van der Waals surface area contributed by atoms with Gasteiger partial charge in [-0.25, -0.2) is 4.39 Å². The Balaban J connectivity index is 2.46. The van der Waals surface area contributed by atoms with E-state index in [9.17, 15) is 4.39 Å². The average Bonchev–Trinajstić information content (AvgIpc) is 3.02. The van der Waals surface area contributed by atoms with Gasteiger partial charge in [0.1, 0.15) is 5.82 Å². The fourth-order valence-corrected chi connectivity index (χ4v) is 4.28. The molecule has 1 unspecified atom stereocenters. The fraction of sp³-hybridized carbons (Fsp3) is 0.647. The molecule has 21 heavy (non-hydrogen) atoms. The van der Waals surface area contributed by atoms with Crippen LogP contribution in [0.15, 0.2) is 22.7 Å². The second-order valence-electron chi connectivity index (χ2n) is 5.89. The van der Waals surface area contributed by atoms with Gasteiger partial charge in [-0.3, -0.25) is 4.90 Å². The number of likely N-dealkylation sites (tertiary alicyclic amines) is 1. The molecule has 0 saturated carbocycles. The summed E-state index contributed by atoms with van der Waals surface area (Å²) in [5.74, 6) is -0.122. The molecule has 1 aromatic carbocycles. The van der Waals surface area contributed by atoms with E-state index in [1.54, 1.807) is 12.1 Å². The topological polar surface area (TPSA) is 15.3 Å². The van der Waals surface area contributed by atoms with Crippen LogP contribution in [0.25, 0.3) is 0 Å². The molecule has 0 aliphatic carbocycles. The zero-order chi connectivity index (χ0) is 15.5. The maximum absolute atomic E-state index is 14.4. The van der Waals surface area contributed by atoms with Crippen LogP contribution in [-0.2, 0) is 0 Å². The summed E-state index contributed by atoms with van der Waals surface area (Å²) >= 11 is 3.48. The largest absolute Gasteiger partial charge is 0.311 e. The quantitative estimate of drug-likeness (QED) is 0.806. The van der Waals surface area contributed by atoms with Crippen LogP contribution < -0.4 is 5.32 Å². The molecule has 2 nitrogen and oxygen atoms in total. The summed E-state index contributed by atoms with van der Waals surface area (Å²) < 4.78 is 15.3. The van der Waals surface area contributed by atoms with E-state index in [1.165, 1.54) is 12.8 Å². The smallest absolute Gasteiger partial charge is 0.128 e. The Labute approximate surface area is 136 Å². The molecular weight excluding hydrogens is 331 g/mol. The summed E-state index contributed by atoms with van der Waals surface area (Å²) in [6.07, 6.45) is 4.53. The lowest BCUT2D eigenvalue weighted by Gasteiger charge is -2.47. The van der Waals surface area contributed by atoms with Gasteiger partial charge in [-0.05, 0) is 64.0 Å². The van der Waals surface area contributed by atoms with Gasteiger partial charge in [0.15, 0.2) is 0 Å². The molecule has 0 spiro atoms. The molecular formula is C17H26BrFN2. The Morgan fingerprint density at radius 3 is 2.43 bits per heavy atom. The van der Waals surface area contributed by atoms with Crippen molar-refractivity contribution < 1.29 is 4.39 Å². The van der Waals surface area contributed by atoms with E-state index in [4.69, 9.17) is 0 Å². The Morgan fingerprint density at radius 2 is 1.90 bits per heavy atom. The Hall–Kier alpha value is -0.450. The average molecular weight is 357 g/mol. The van der Waals surface area contributed by atoms with E-state index in [2.05, 4.69) is 40.0 Å². The first-order valence-electron chi connectivity index (χ1n) is 7.96. The predicted octanol–water partition coefficient (Wildman–Crippen LogP) is 4.50. The van der Waals surface area contributed by atoms with Gasteiger partial charge in [-0.1, -0.05) is 29.8 Å². The van der Waals surface area contributed by atoms with Crippen molar-refractivity contribution in [3.8, 4) is 0 Å². The summed E-state index contributed by atoms with van der Waals surface area (Å²) in [6.45, 7) is 6.69. The minimum atomic E-state index is -0.122. The predicted molar refractivity (Wildman–Crippen MR) is 90.0 cm³/mol. The van der Waals surface area contributed by atoms with E-state index in [1.807, 2.05) is 13.1 Å². The monoisotopic (exact) mass is 356 g/mol. The van der Waals surface area contributed by atoms with Crippen molar-refractivity contribution >= 4 is 15.9 Å². The first-order valence-corrected chi connectivity index (χ1v) is 8.75. The lowest BCUT2D eigenvalue weighted by molar-refractivity contribution is 0.0633. The Morgan fingerprint density at radius 1 is 1.29 bits per heavy atom. The van der Waals surface area contributed by atoms with Crippen molar-refractivity contribution in [1.82, 2.24) is 10.2 Å². The third kappa shape index (κ3) is 3.17. The number of hydrogen-bond donors (Lipinski definition) is 1. The highest BCUT2D eigenvalue weighted by molar-refractivity contribution is 9.10. The van der Waals surface area contributed by atoms with Crippen LogP contribution in [0.4, 0.5) is 4.39 Å². The molecule has 1 saturated heterocycles. The lowest BCUT2D eigenvalue weighted by Crippen LogP contribution is -2.54. The Bertz CT molecular complexity index is 468. The second-order valence-corrected chi connectivity index (χ2v) is 6.81. The molecule has 1 N–H and O–H groups in total. The van der Waals surface area contributed by atoms with E-state index in [-0.39, 0.29) is 17.4 Å². The highest BCUT2D eigenvalue weighted by Crippen LogP contribution is 2.40. The van der Waals surface area contributed by atoms with Crippen LogP contribution in [0.2, 0.25) is 0 Å². The van der Waals surface area contributed by atoms with Gasteiger partial charge in [-0.15, -0.1) is 0 Å². The number of rotatable bonds is 6. The molecule has 0 bridgehead atoms. The Kier molecular flexibility index (Phi) is 5.81. The molecule has 1 aliphatic heterocycles. The minimum Gasteiger partial charge on any atom is -0.311 e. The third-order valence-electron chi connectivity index (χ3n) is 5.06. The van der Waals surface area contributed by atoms with Crippen LogP contribution in [-0.4, -0.2) is 30.6 Å². The van der Waals surface area contributed by atoms with Crippen molar-refractivity contribution in [1.29, 1.82) is 0 Å². The summed E-state index contributed by atoms with van der Waals surface area (Å²) in [6, 6.07) is 5.25. The molecule has 118 valence electrons. The van der Waals surface area contributed by atoms with Gasteiger partial charge in [-0.2, -0.15) is 0 Å². The summed E-state index contributed by atoms with van der Waals surface area (Å²) in [4.78, 5) is 2.56. The van der Waals surface area contributed by atoms with Crippen LogP contribution in [0.1, 0.15) is 51.1 Å². The van der Waals surface area contributed by atoms with Gasteiger partial charge in [0.05, 0.1) is 6.04 Å². The third-order valence-corrected chi connectivity index (χ3v) is 5.55. The molecule has 1 heterocycles. The first-order chi connectivity index (χ1) is 10.1. The molecule has 1 fully saturated rings. The molecule has 4 heteroatoms. The van der Waals surface area contributed by atoms with E-state index in [0.29, 0.717) is 0 Å². The minimum absolute atomic E-state index is 0.00287. The zero-order valence-electron chi connectivity index (χ0n) is 13.3. The second kappa shape index (κ2) is 7.21. The summed E-state index contributed by atoms with van der Waals surface area (Å²) in [5, 5.41) is 3.40. The molecule has 0 aromatic heterocycles. The van der Waals surface area contributed by atoms with Crippen molar-refractivity contribution in [3.63, 3.8) is 0 Å². The summed E-state index contributed by atoms with van der Waals surface area (Å²) in [7, 11) is 1.95. The van der Waals surface area contributed by atoms with E-state index < -0.39 is 0 Å². The van der Waals surface area contributed by atoms with Gasteiger partial charge in [0.25, 0.3) is 0 Å². The molecule has 2 rings (SSSR count). The number of nitrogens with one attached hydrogen (secondary N) is 1. The van der Waals surface area contributed by atoms with Crippen molar-refractivity contribution in [2.45, 2.75) is 51.1 Å². The molecule has 1 atom stereocenters. The number of likely N-dealkylation sites (N-methyl/N-ethyl adjacent to an activating group) is 1. The highest BCUT2D eigenvalue weighted by atomic mass is 79.9. The van der Waals surface area contributed by atoms with Crippen molar-refractivity contribution in [3.05, 3.63) is 34.1 Å². The number of nitrogens with zero attached hydrogens (tertiary/aromatic N) is 1. The highest BCUT2D eigenvalue weighted by Gasteiger charge is 2.43. The first kappa shape index (κ1) is 16.9. The number of hydrogen-bond acceptors (Lipinski definition) is 2. The maximum atomic E-state index is 14.4. The maximum Gasteiger partial charge on any atom is 0.128 e. The van der Waals surface area contributed by atoms with Gasteiger partial charge < -0.3 is 5.32 Å². The van der Waals surface area contributed by atoms with Gasteiger partial charge >= 0.3 is 0 Å². The SMILES string of the molecule is CCC(CC)(C(NC)c1cc(Br)ccc1F)N1CCCC1. The molecule has 1 aromatic rings. The van der Waals surface area contributed by atoms with Gasteiger partial charge in [0.2, 0.25) is 0 Å². The fourth-order valence-electron chi connectivity index (χ4n) is 3.90. The molecule has 0 amide bonds. The molecule has 1 aliphatic rings. The number of benzene rings is 1. The van der Waals surface area contributed by atoms with Crippen LogP contribution in [0.5, 0.6) is 0 Å². The van der Waals surface area contributed by atoms with E-state index >= 15 is 0 Å². The van der Waals surface area contributed by atoms with Crippen LogP contribution in [0.3, 0.4) is 0 Å². The van der Waals surface area contributed by atoms with Crippen LogP contribution >= 0.6 is 15.9 Å². The van der Waals surface area contributed by atoms with Crippen LogP contribution in [0, 0.1) is 5.82 Å². The zero-order valence-corrected chi connectivity index (χ0v) is 14.8. The van der Waals surface area contributed by atoms with Crippen molar-refractivity contribution in [2.75, 3.05) is 20.1 Å². The van der Waals surface area contributed by atoms with E-state index in [0.717, 1.165) is 36.0 Å². The summed E-state index contributed by atoms with van der Waals surface area (Å²) in [5.41, 5.74) is 0.745. The molecule has 0 radical (unpaired) electrons.